The Labute approximate surface area is 426 Å². The highest BCUT2D eigenvalue weighted by molar-refractivity contribution is 6.12. The van der Waals surface area contributed by atoms with Gasteiger partial charge in [0.05, 0.1) is 41.7 Å². The molecule has 0 fully saturated rings. The van der Waals surface area contributed by atoms with Crippen LogP contribution in [0.4, 0.5) is 4.39 Å². The number of carbonyl (C=O) groups is 6. The number of hydrogen-bond acceptors (Lipinski definition) is 16. The minimum absolute atomic E-state index is 0.0157. The molecule has 3 aliphatic heterocycles. The summed E-state index contributed by atoms with van der Waals surface area (Å²) in [5.41, 5.74) is 2.50. The molecule has 402 valence electrons. The van der Waals surface area contributed by atoms with Crippen molar-refractivity contribution in [3.63, 3.8) is 0 Å². The SMILES string of the molecule is C=C1OCc2c(cc3n(c2=O)Cc2c-3nc3cc(F)c(C)cc3c2CCCCOCNC(=O)CCC(=O)[C@H](CCC(=O)N(C)C[C@H](O)[C@@H](O)[C@H](O)[C@H](O)CO)NC(=O)CCCCCN2C(=O)C=CC2=O)[C@@]1(O)CC. The minimum atomic E-state index is -1.91. The van der Waals surface area contributed by atoms with Crippen LogP contribution >= 0.6 is 0 Å². The van der Waals surface area contributed by atoms with Crippen molar-refractivity contribution in [2.45, 2.75) is 140 Å². The maximum Gasteiger partial charge on any atom is 0.258 e. The number of aromatic nitrogens is 2. The molecule has 21 nitrogen and oxygen atoms in total. The van der Waals surface area contributed by atoms with Crippen LogP contribution in [0.25, 0.3) is 22.3 Å². The van der Waals surface area contributed by atoms with Crippen molar-refractivity contribution in [1.29, 1.82) is 0 Å². The monoisotopic (exact) mass is 1030 g/mol. The van der Waals surface area contributed by atoms with Crippen LogP contribution in [0.1, 0.15) is 105 Å². The number of benzene rings is 1. The van der Waals surface area contributed by atoms with E-state index in [2.05, 4.69) is 17.2 Å². The Kier molecular flexibility index (Phi) is 19.5. The third kappa shape index (κ3) is 13.1. The molecule has 0 aliphatic carbocycles. The number of rotatable bonds is 28. The highest BCUT2D eigenvalue weighted by Gasteiger charge is 2.42. The highest BCUT2D eigenvalue weighted by atomic mass is 19.1. The molecule has 0 unspecified atom stereocenters. The number of halogens is 1. The summed E-state index contributed by atoms with van der Waals surface area (Å²) in [6.45, 7) is 6.41. The molecule has 2 aromatic heterocycles. The van der Waals surface area contributed by atoms with Crippen molar-refractivity contribution >= 4 is 46.2 Å². The van der Waals surface area contributed by atoms with Crippen LogP contribution in [0.2, 0.25) is 0 Å². The first-order valence-electron chi connectivity index (χ1n) is 24.9. The average Bonchev–Trinajstić information content (AvgIpc) is 3.91. The number of aryl methyl sites for hydroxylation is 2. The smallest absolute Gasteiger partial charge is 0.258 e. The largest absolute Gasteiger partial charge is 0.490 e. The molecular formula is C52H67FN6O15. The molecule has 0 spiro atoms. The Morgan fingerprint density at radius 1 is 0.932 bits per heavy atom. The zero-order chi connectivity index (χ0) is 54.0. The lowest BCUT2D eigenvalue weighted by molar-refractivity contribution is -0.139. The number of fused-ring (bicyclic) bond motifs is 5. The molecule has 6 atom stereocenters. The number of aliphatic hydroxyl groups excluding tert-OH is 5. The zero-order valence-electron chi connectivity index (χ0n) is 41.9. The van der Waals surface area contributed by atoms with E-state index in [1.807, 2.05) is 0 Å². The molecule has 5 heterocycles. The first kappa shape index (κ1) is 57.0. The van der Waals surface area contributed by atoms with Crippen molar-refractivity contribution in [1.82, 2.24) is 30.0 Å². The number of likely N-dealkylation sites (N-methyl/N-ethyl adjacent to an activating group) is 1. The molecule has 5 amide bonds. The lowest BCUT2D eigenvalue weighted by Gasteiger charge is -2.35. The van der Waals surface area contributed by atoms with Crippen LogP contribution in [0, 0.1) is 12.7 Å². The van der Waals surface area contributed by atoms with Crippen molar-refractivity contribution in [2.24, 2.45) is 0 Å². The van der Waals surface area contributed by atoms with Gasteiger partial charge in [-0.25, -0.2) is 9.37 Å². The number of imide groups is 1. The summed E-state index contributed by atoms with van der Waals surface area (Å²) < 4.78 is 27.9. The van der Waals surface area contributed by atoms with Crippen molar-refractivity contribution in [2.75, 3.05) is 40.1 Å². The fourth-order valence-corrected chi connectivity index (χ4v) is 9.38. The van der Waals surface area contributed by atoms with Gasteiger partial charge in [-0.15, -0.1) is 0 Å². The van der Waals surface area contributed by atoms with E-state index in [9.17, 15) is 63.5 Å². The molecule has 3 aliphatic rings. The number of unbranched alkanes of at least 4 members (excludes halogenated alkanes) is 3. The van der Waals surface area contributed by atoms with Crippen LogP contribution < -0.4 is 16.2 Å². The molecule has 3 aromatic rings. The summed E-state index contributed by atoms with van der Waals surface area (Å²) in [5.74, 6) is -3.26. The van der Waals surface area contributed by atoms with E-state index in [1.165, 1.54) is 25.3 Å². The Bertz CT molecular complexity index is 2710. The van der Waals surface area contributed by atoms with Crippen LogP contribution in [0.3, 0.4) is 0 Å². The van der Waals surface area contributed by atoms with Crippen LogP contribution in [-0.4, -0.2) is 156 Å². The fourth-order valence-electron chi connectivity index (χ4n) is 9.38. The number of pyridine rings is 2. The van der Waals surface area contributed by atoms with Crippen LogP contribution in [0.15, 0.2) is 47.5 Å². The van der Waals surface area contributed by atoms with Gasteiger partial charge in [-0.1, -0.05) is 19.9 Å². The summed E-state index contributed by atoms with van der Waals surface area (Å²) >= 11 is 0. The topological polar surface area (TPSA) is 308 Å². The van der Waals surface area contributed by atoms with Crippen molar-refractivity contribution in [3.8, 4) is 11.4 Å². The average molecular weight is 1040 g/mol. The van der Waals surface area contributed by atoms with Gasteiger partial charge in [0.25, 0.3) is 17.4 Å². The molecular weight excluding hydrogens is 968 g/mol. The molecule has 22 heteroatoms. The Hall–Kier alpha value is -6.27. The third-order valence-corrected chi connectivity index (χ3v) is 14.0. The maximum atomic E-state index is 15.0. The first-order chi connectivity index (χ1) is 35.2. The number of ketones is 1. The third-order valence-electron chi connectivity index (χ3n) is 14.0. The molecule has 8 N–H and O–H groups in total. The van der Waals surface area contributed by atoms with Gasteiger partial charge in [0.2, 0.25) is 17.7 Å². The van der Waals surface area contributed by atoms with Gasteiger partial charge in [0, 0.05) is 87.2 Å². The summed E-state index contributed by atoms with van der Waals surface area (Å²) in [6, 6.07) is 3.70. The number of amides is 5. The fraction of sp³-hybridized carbons (Fsp3) is 0.538. The van der Waals surface area contributed by atoms with Gasteiger partial charge in [-0.05, 0) is 75.1 Å². The van der Waals surface area contributed by atoms with E-state index in [-0.39, 0.29) is 82.9 Å². The molecule has 0 saturated carbocycles. The number of Topliss-reactive ketones (excluding diaryl/α,β-unsaturated/α-hetero) is 1. The quantitative estimate of drug-likeness (QED) is 0.0223. The summed E-state index contributed by atoms with van der Waals surface area (Å²) in [4.78, 5) is 97.0. The molecule has 1 aromatic carbocycles. The summed E-state index contributed by atoms with van der Waals surface area (Å²) in [5, 5.41) is 66.7. The second-order valence-corrected chi connectivity index (χ2v) is 19.1. The van der Waals surface area contributed by atoms with E-state index in [0.29, 0.717) is 72.1 Å². The normalized spacial score (nSPS) is 17.8. The lowest BCUT2D eigenvalue weighted by Crippen LogP contribution is -2.50. The van der Waals surface area contributed by atoms with Gasteiger partial charge in [0.1, 0.15) is 54.9 Å². The van der Waals surface area contributed by atoms with E-state index in [0.717, 1.165) is 26.3 Å². The Morgan fingerprint density at radius 3 is 2.35 bits per heavy atom. The number of aliphatic hydroxyl groups is 6. The van der Waals surface area contributed by atoms with Gasteiger partial charge < -0.3 is 60.2 Å². The number of ether oxygens (including phenoxy) is 2. The van der Waals surface area contributed by atoms with E-state index >= 15 is 0 Å². The zero-order valence-corrected chi connectivity index (χ0v) is 41.9. The predicted molar refractivity (Wildman–Crippen MR) is 264 cm³/mol. The summed E-state index contributed by atoms with van der Waals surface area (Å²) in [7, 11) is 1.30. The molecule has 0 bridgehead atoms. The number of nitrogens with one attached hydrogen (secondary N) is 2. The van der Waals surface area contributed by atoms with Crippen molar-refractivity contribution < 1.29 is 73.3 Å². The Balaban J connectivity index is 0.998. The van der Waals surface area contributed by atoms with Gasteiger partial charge >= 0.3 is 0 Å². The molecule has 0 saturated heterocycles. The first-order valence-corrected chi connectivity index (χ1v) is 24.9. The lowest BCUT2D eigenvalue weighted by atomic mass is 9.84. The Morgan fingerprint density at radius 2 is 1.65 bits per heavy atom. The van der Waals surface area contributed by atoms with E-state index in [4.69, 9.17) is 19.6 Å². The molecule has 6 rings (SSSR count). The highest BCUT2D eigenvalue weighted by Crippen LogP contribution is 2.43. The predicted octanol–water partition coefficient (Wildman–Crippen LogP) is 0.921. The van der Waals surface area contributed by atoms with Crippen LogP contribution in [-0.2, 0) is 63.4 Å². The minimum Gasteiger partial charge on any atom is -0.490 e. The van der Waals surface area contributed by atoms with Crippen molar-refractivity contribution in [3.05, 3.63) is 86.7 Å². The number of hydrogen-bond donors (Lipinski definition) is 8. The van der Waals surface area contributed by atoms with E-state index in [1.54, 1.807) is 30.5 Å². The number of carbonyl (C=O) groups excluding carboxylic acids is 6. The second-order valence-electron chi connectivity index (χ2n) is 19.1. The van der Waals surface area contributed by atoms with Gasteiger partial charge in [-0.3, -0.25) is 38.5 Å². The molecule has 74 heavy (non-hydrogen) atoms. The van der Waals surface area contributed by atoms with E-state index < -0.39 is 90.3 Å². The molecule has 0 radical (unpaired) electrons. The maximum absolute atomic E-state index is 15.0. The number of nitrogens with zero attached hydrogens (tertiary/aromatic N) is 4. The summed E-state index contributed by atoms with van der Waals surface area (Å²) in [6.07, 6.45) is -2.79. The van der Waals surface area contributed by atoms with Crippen LogP contribution in [0.5, 0.6) is 0 Å². The van der Waals surface area contributed by atoms with Gasteiger partial charge in [-0.2, -0.15) is 0 Å². The van der Waals surface area contributed by atoms with Gasteiger partial charge in [0.15, 0.2) is 5.78 Å². The standard InChI is InChI=1S/C52H67FN6O15/c1-5-52(72)30(3)74-27-34-35(52)22-39-48-33(24-59(39)51(34)71)31(32-21-29(2)36(53)23-38(32)56-48)11-8-10-20-73-28-54-43(64)15-14-40(61)37(55-44(65)12-7-6-9-19-58-46(67)17-18-47(58)68)13-16-45(66)57(4)25-41(62)49(69)50(70)42(63)26-60/h17-18,21-23,37,41-42,49-50,60,62-63,69-70,72H,3,5-16,19-20,24-28H2,1-2,4H3,(H,54,64)(H,55,65)/t37-,41-,42+,49+,50+,52+/m0/s1. The second kappa shape index (κ2) is 25.3.